The molecule has 1 rings (SSSR count). The Morgan fingerprint density at radius 3 is 2.82 bits per heavy atom. The largest absolute Gasteiger partial charge is 0.478 e. The maximum atomic E-state index is 10.8. The Hall–Kier alpha value is 0.510. The van der Waals surface area contributed by atoms with Gasteiger partial charge in [-0.05, 0) is 6.42 Å². The van der Waals surface area contributed by atoms with Crippen LogP contribution in [0.4, 0.5) is 0 Å². The normalized spacial score (nSPS) is 37.5. The fraction of sp³-hybridized carbons (Fsp3) is 0.833. The van der Waals surface area contributed by atoms with Crippen LogP contribution >= 0.6 is 34.4 Å². The first kappa shape index (κ1) is 9.60. The minimum Gasteiger partial charge on any atom is -0.478 e. The van der Waals surface area contributed by atoms with E-state index in [2.05, 4.69) is 22.6 Å². The predicted octanol–water partition coefficient (Wildman–Crippen LogP) is 1.70. The van der Waals surface area contributed by atoms with Gasteiger partial charge in [0.25, 0.3) is 0 Å². The van der Waals surface area contributed by atoms with Crippen LogP contribution < -0.4 is 0 Å². The molecule has 0 amide bonds. The molecule has 64 valence electrons. The molecule has 1 heterocycles. The molecule has 3 nitrogen and oxygen atoms in total. The van der Waals surface area contributed by atoms with Crippen LogP contribution in [0.25, 0.3) is 0 Å². The van der Waals surface area contributed by atoms with E-state index in [1.54, 1.807) is 0 Å². The van der Waals surface area contributed by atoms with Gasteiger partial charge >= 0.3 is 5.97 Å². The van der Waals surface area contributed by atoms with Gasteiger partial charge in [-0.25, -0.2) is 4.79 Å². The van der Waals surface area contributed by atoms with Crippen LogP contribution in [0.2, 0.25) is 0 Å². The van der Waals surface area contributed by atoms with Crippen molar-refractivity contribution in [1.29, 1.82) is 0 Å². The zero-order chi connectivity index (χ0) is 8.48. The van der Waals surface area contributed by atoms with Crippen molar-refractivity contribution < 1.29 is 14.6 Å². The molecule has 0 bridgehead atoms. The molecule has 1 N–H and O–H groups in total. The molecule has 0 aromatic carbocycles. The summed E-state index contributed by atoms with van der Waals surface area (Å²) in [7, 11) is 0. The van der Waals surface area contributed by atoms with Crippen LogP contribution in [0, 0.1) is 0 Å². The molecule has 1 fully saturated rings. The van der Waals surface area contributed by atoms with Gasteiger partial charge in [-0.3, -0.25) is 0 Å². The number of alkyl halides is 1. The molecule has 1 aliphatic heterocycles. The van der Waals surface area contributed by atoms with Gasteiger partial charge in [-0.1, -0.05) is 29.5 Å². The summed E-state index contributed by atoms with van der Waals surface area (Å²) in [6.07, 6.45) is 0.520. The van der Waals surface area contributed by atoms with E-state index in [0.29, 0.717) is 6.42 Å². The number of hydrogen-bond acceptors (Lipinski definition) is 3. The molecular weight excluding hydrogens is 279 g/mol. The van der Waals surface area contributed by atoms with E-state index in [-0.39, 0.29) is 4.11 Å². The number of carboxylic acids is 1. The second-order valence-electron chi connectivity index (χ2n) is 2.25. The highest BCUT2D eigenvalue weighted by Crippen LogP contribution is 2.41. The Bertz CT molecular complexity index is 175. The van der Waals surface area contributed by atoms with Crippen molar-refractivity contribution in [3.63, 3.8) is 0 Å². The fourth-order valence-corrected chi connectivity index (χ4v) is 3.05. The van der Waals surface area contributed by atoms with Crippen molar-refractivity contribution in [3.05, 3.63) is 0 Å². The fourth-order valence-electron chi connectivity index (χ4n) is 0.924. The second kappa shape index (κ2) is 3.49. The van der Waals surface area contributed by atoms with Crippen molar-refractivity contribution in [1.82, 2.24) is 0 Å². The topological polar surface area (TPSA) is 46.5 Å². The van der Waals surface area contributed by atoms with Crippen molar-refractivity contribution in [2.45, 2.75) is 22.4 Å². The molecule has 0 aliphatic carbocycles. The first-order valence-electron chi connectivity index (χ1n) is 3.30. The average Bonchev–Trinajstić information content (AvgIpc) is 2.33. The van der Waals surface area contributed by atoms with E-state index in [1.165, 1.54) is 11.8 Å². The summed E-state index contributed by atoms with van der Waals surface area (Å²) in [5.41, 5.74) is 0. The molecule has 2 unspecified atom stereocenters. The smallest absolute Gasteiger partial charge is 0.346 e. The van der Waals surface area contributed by atoms with E-state index in [1.807, 2.05) is 6.92 Å². The number of thioether (sulfide) groups is 1. The quantitative estimate of drug-likeness (QED) is 0.620. The summed E-state index contributed by atoms with van der Waals surface area (Å²) in [4.78, 5) is 9.78. The Kier molecular flexibility index (Phi) is 3.04. The summed E-state index contributed by atoms with van der Waals surface area (Å²) in [6, 6.07) is 0. The molecule has 11 heavy (non-hydrogen) atoms. The number of ether oxygens (including phenoxy) is 1. The van der Waals surface area contributed by atoms with Crippen molar-refractivity contribution in [3.8, 4) is 0 Å². The van der Waals surface area contributed by atoms with Crippen LogP contribution in [0.5, 0.6) is 0 Å². The molecule has 0 radical (unpaired) electrons. The highest BCUT2D eigenvalue weighted by Gasteiger charge is 2.45. The standard InChI is InChI=1S/C6H9IO3S/c1-2-6(5(8)9)10-4(7)3-11-6/h4H,2-3H2,1H3,(H,8,9). The van der Waals surface area contributed by atoms with Gasteiger partial charge in [0, 0.05) is 5.75 Å². The maximum absolute atomic E-state index is 10.8. The van der Waals surface area contributed by atoms with Gasteiger partial charge < -0.3 is 9.84 Å². The van der Waals surface area contributed by atoms with Gasteiger partial charge in [0.2, 0.25) is 4.93 Å². The summed E-state index contributed by atoms with van der Waals surface area (Å²) < 4.78 is 5.35. The molecule has 0 aromatic heterocycles. The Morgan fingerprint density at radius 2 is 2.64 bits per heavy atom. The highest BCUT2D eigenvalue weighted by molar-refractivity contribution is 14.1. The Morgan fingerprint density at radius 1 is 2.00 bits per heavy atom. The van der Waals surface area contributed by atoms with Crippen LogP contribution in [0.15, 0.2) is 0 Å². The SMILES string of the molecule is CCC1(C(=O)O)OC(I)CS1. The minimum atomic E-state index is -0.966. The molecule has 5 heteroatoms. The lowest BCUT2D eigenvalue weighted by molar-refractivity contribution is -0.153. The summed E-state index contributed by atoms with van der Waals surface area (Å²) in [6.45, 7) is 1.83. The summed E-state index contributed by atoms with van der Waals surface area (Å²) >= 11 is 3.48. The van der Waals surface area contributed by atoms with E-state index < -0.39 is 10.9 Å². The van der Waals surface area contributed by atoms with Crippen LogP contribution in [-0.2, 0) is 9.53 Å². The monoisotopic (exact) mass is 288 g/mol. The Labute approximate surface area is 83.0 Å². The highest BCUT2D eigenvalue weighted by atomic mass is 127. The molecular formula is C6H9IO3S. The number of halogens is 1. The number of rotatable bonds is 2. The summed E-state index contributed by atoms with van der Waals surface area (Å²) in [5, 5.41) is 8.83. The second-order valence-corrected chi connectivity index (χ2v) is 4.92. The molecule has 0 aromatic rings. The zero-order valence-electron chi connectivity index (χ0n) is 6.04. The molecule has 0 saturated carbocycles. The molecule has 1 aliphatic rings. The third-order valence-corrected chi connectivity index (χ3v) is 4.34. The third-order valence-electron chi connectivity index (χ3n) is 1.56. The van der Waals surface area contributed by atoms with Gasteiger partial charge in [-0.2, -0.15) is 0 Å². The van der Waals surface area contributed by atoms with Gasteiger partial charge in [0.1, 0.15) is 4.11 Å². The van der Waals surface area contributed by atoms with E-state index in [0.717, 1.165) is 5.75 Å². The number of hydrogen-bond donors (Lipinski definition) is 1. The first-order chi connectivity index (χ1) is 5.10. The molecule has 2 atom stereocenters. The lowest BCUT2D eigenvalue weighted by Crippen LogP contribution is -2.34. The lowest BCUT2D eigenvalue weighted by Gasteiger charge is -2.20. The van der Waals surface area contributed by atoms with Crippen LogP contribution in [0.3, 0.4) is 0 Å². The molecule has 1 saturated heterocycles. The number of carboxylic acid groups (broad SMARTS) is 1. The zero-order valence-corrected chi connectivity index (χ0v) is 9.02. The van der Waals surface area contributed by atoms with Gasteiger partial charge in [0.05, 0.1) is 0 Å². The van der Waals surface area contributed by atoms with Crippen molar-refractivity contribution >= 4 is 40.3 Å². The molecule has 0 spiro atoms. The Balaban J connectivity index is 2.70. The van der Waals surface area contributed by atoms with Crippen LogP contribution in [-0.4, -0.2) is 25.9 Å². The third kappa shape index (κ3) is 1.81. The van der Waals surface area contributed by atoms with E-state index in [4.69, 9.17) is 9.84 Å². The maximum Gasteiger partial charge on any atom is 0.346 e. The first-order valence-corrected chi connectivity index (χ1v) is 5.53. The van der Waals surface area contributed by atoms with Crippen LogP contribution in [0.1, 0.15) is 13.3 Å². The van der Waals surface area contributed by atoms with Gasteiger partial charge in [0.15, 0.2) is 0 Å². The van der Waals surface area contributed by atoms with Crippen molar-refractivity contribution in [2.75, 3.05) is 5.75 Å². The number of aliphatic carboxylic acids is 1. The number of carbonyl (C=O) groups is 1. The van der Waals surface area contributed by atoms with E-state index >= 15 is 0 Å². The summed E-state index contributed by atoms with van der Waals surface area (Å²) in [5.74, 6) is -0.0927. The lowest BCUT2D eigenvalue weighted by atomic mass is 10.3. The predicted molar refractivity (Wildman–Crippen MR) is 52.0 cm³/mol. The van der Waals surface area contributed by atoms with E-state index in [9.17, 15) is 4.79 Å². The van der Waals surface area contributed by atoms with Gasteiger partial charge in [-0.15, -0.1) is 11.8 Å². The minimum absolute atomic E-state index is 0.0358. The van der Waals surface area contributed by atoms with Crippen molar-refractivity contribution in [2.24, 2.45) is 0 Å². The average molecular weight is 288 g/mol.